The topological polar surface area (TPSA) is 68.0 Å². The summed E-state index contributed by atoms with van der Waals surface area (Å²) in [6.45, 7) is 0. The van der Waals surface area contributed by atoms with Crippen LogP contribution in [0.2, 0.25) is 0 Å². The number of carbonyl (C=O) groups excluding carboxylic acids is 1. The quantitative estimate of drug-likeness (QED) is 0.874. The van der Waals surface area contributed by atoms with E-state index in [4.69, 9.17) is 5.73 Å². The standard InChI is InChI=1S/C17H23N3O/c18-17-8-11-5-12(9-17)13(10-17)7-14(6-11)20-16(21)15-3-1-2-4-19-15/h1-4,11-14H,5-10,18H2,(H,20,21). The Morgan fingerprint density at radius 1 is 1.19 bits per heavy atom. The third kappa shape index (κ3) is 2.46. The number of aromatic nitrogens is 1. The molecular weight excluding hydrogens is 262 g/mol. The zero-order valence-electron chi connectivity index (χ0n) is 12.3. The molecule has 3 saturated carbocycles. The third-order valence-corrected chi connectivity index (χ3v) is 5.77. The van der Waals surface area contributed by atoms with Gasteiger partial charge >= 0.3 is 0 Å². The number of pyridine rings is 1. The Labute approximate surface area is 125 Å². The van der Waals surface area contributed by atoms with Crippen LogP contribution in [0.3, 0.4) is 0 Å². The van der Waals surface area contributed by atoms with Crippen molar-refractivity contribution in [3.05, 3.63) is 30.1 Å². The lowest BCUT2D eigenvalue weighted by Gasteiger charge is -2.36. The largest absolute Gasteiger partial charge is 0.348 e. The molecule has 1 aromatic heterocycles. The molecule has 0 radical (unpaired) electrons. The second kappa shape index (κ2) is 4.80. The molecule has 0 aliphatic heterocycles. The second-order valence-corrected chi connectivity index (χ2v) is 7.45. The number of hydrogen-bond acceptors (Lipinski definition) is 3. The first kappa shape index (κ1) is 13.3. The lowest BCUT2D eigenvalue weighted by molar-refractivity contribution is 0.0917. The van der Waals surface area contributed by atoms with Gasteiger partial charge in [-0.15, -0.1) is 0 Å². The fourth-order valence-electron chi connectivity index (χ4n) is 5.18. The summed E-state index contributed by atoms with van der Waals surface area (Å²) in [6.07, 6.45) is 8.68. The molecule has 4 heteroatoms. The summed E-state index contributed by atoms with van der Waals surface area (Å²) >= 11 is 0. The van der Waals surface area contributed by atoms with Crippen LogP contribution >= 0.6 is 0 Å². The highest BCUT2D eigenvalue weighted by atomic mass is 16.1. The summed E-state index contributed by atoms with van der Waals surface area (Å²) in [7, 11) is 0. The molecular formula is C17H23N3O. The maximum absolute atomic E-state index is 12.3. The van der Waals surface area contributed by atoms with Crippen LogP contribution < -0.4 is 11.1 Å². The minimum atomic E-state index is -0.0321. The van der Waals surface area contributed by atoms with E-state index in [0.717, 1.165) is 31.6 Å². The van der Waals surface area contributed by atoms with Crippen LogP contribution in [0.5, 0.6) is 0 Å². The molecule has 3 N–H and O–H groups in total. The molecule has 3 fully saturated rings. The van der Waals surface area contributed by atoms with E-state index < -0.39 is 0 Å². The summed E-state index contributed by atoms with van der Waals surface area (Å²) < 4.78 is 0. The summed E-state index contributed by atoms with van der Waals surface area (Å²) in [4.78, 5) is 16.4. The van der Waals surface area contributed by atoms with E-state index in [1.165, 1.54) is 12.8 Å². The van der Waals surface area contributed by atoms with Crippen LogP contribution in [0, 0.1) is 17.8 Å². The summed E-state index contributed by atoms with van der Waals surface area (Å²) in [5.74, 6) is 2.16. The van der Waals surface area contributed by atoms with Crippen molar-refractivity contribution in [1.29, 1.82) is 0 Å². The molecule has 5 unspecified atom stereocenters. The Morgan fingerprint density at radius 2 is 2.00 bits per heavy atom. The molecule has 112 valence electrons. The molecule has 1 aromatic rings. The monoisotopic (exact) mass is 285 g/mol. The number of fused-ring (bicyclic) bond motifs is 2. The predicted octanol–water partition coefficient (Wildman–Crippen LogP) is 2.11. The highest BCUT2D eigenvalue weighted by Crippen LogP contribution is 2.54. The summed E-state index contributed by atoms with van der Waals surface area (Å²) in [5.41, 5.74) is 7.16. The minimum Gasteiger partial charge on any atom is -0.348 e. The highest BCUT2D eigenvalue weighted by molar-refractivity contribution is 5.92. The Bertz CT molecular complexity index is 542. The van der Waals surface area contributed by atoms with Gasteiger partial charge in [0.15, 0.2) is 0 Å². The van der Waals surface area contributed by atoms with Gasteiger partial charge < -0.3 is 11.1 Å². The lowest BCUT2D eigenvalue weighted by atomic mass is 9.75. The van der Waals surface area contributed by atoms with Crippen LogP contribution in [-0.2, 0) is 0 Å². The maximum Gasteiger partial charge on any atom is 0.270 e. The number of nitrogens with one attached hydrogen (secondary N) is 1. The van der Waals surface area contributed by atoms with E-state index in [0.29, 0.717) is 23.6 Å². The normalized spacial score (nSPS) is 40.8. The van der Waals surface area contributed by atoms with Crippen molar-refractivity contribution in [2.24, 2.45) is 23.5 Å². The molecule has 1 heterocycles. The van der Waals surface area contributed by atoms with E-state index in [1.54, 1.807) is 12.3 Å². The van der Waals surface area contributed by atoms with Gasteiger partial charge in [0.25, 0.3) is 5.91 Å². The van der Waals surface area contributed by atoms with E-state index >= 15 is 0 Å². The van der Waals surface area contributed by atoms with Gasteiger partial charge in [-0.3, -0.25) is 9.78 Å². The van der Waals surface area contributed by atoms with Crippen molar-refractivity contribution in [1.82, 2.24) is 10.3 Å². The van der Waals surface area contributed by atoms with Gasteiger partial charge in [0, 0.05) is 17.8 Å². The molecule has 1 amide bonds. The Kier molecular flexibility index (Phi) is 3.03. The van der Waals surface area contributed by atoms with Gasteiger partial charge in [0.05, 0.1) is 0 Å². The number of carbonyl (C=O) groups is 1. The highest BCUT2D eigenvalue weighted by Gasteiger charge is 2.51. The van der Waals surface area contributed by atoms with Gasteiger partial charge in [-0.25, -0.2) is 0 Å². The number of rotatable bonds is 2. The van der Waals surface area contributed by atoms with Crippen LogP contribution in [0.4, 0.5) is 0 Å². The summed E-state index contributed by atoms with van der Waals surface area (Å²) in [6, 6.07) is 5.76. The first-order valence-electron chi connectivity index (χ1n) is 8.12. The first-order valence-corrected chi connectivity index (χ1v) is 8.12. The van der Waals surface area contributed by atoms with Crippen LogP contribution in [0.25, 0.3) is 0 Å². The predicted molar refractivity (Wildman–Crippen MR) is 80.6 cm³/mol. The fraction of sp³-hybridized carbons (Fsp3) is 0.647. The van der Waals surface area contributed by atoms with Crippen molar-refractivity contribution in [3.63, 3.8) is 0 Å². The molecule has 4 rings (SSSR count). The van der Waals surface area contributed by atoms with Crippen LogP contribution in [0.15, 0.2) is 24.4 Å². The van der Waals surface area contributed by atoms with Crippen molar-refractivity contribution in [2.75, 3.05) is 0 Å². The molecule has 0 saturated heterocycles. The molecule has 3 bridgehead atoms. The van der Waals surface area contributed by atoms with Gasteiger partial charge in [-0.2, -0.15) is 0 Å². The van der Waals surface area contributed by atoms with Gasteiger partial charge in [-0.1, -0.05) is 6.07 Å². The van der Waals surface area contributed by atoms with Crippen molar-refractivity contribution in [3.8, 4) is 0 Å². The smallest absolute Gasteiger partial charge is 0.270 e. The first-order chi connectivity index (χ1) is 10.1. The van der Waals surface area contributed by atoms with Gasteiger partial charge in [-0.05, 0) is 68.4 Å². The third-order valence-electron chi connectivity index (χ3n) is 5.77. The zero-order chi connectivity index (χ0) is 14.4. The number of nitrogens with two attached hydrogens (primary N) is 1. The van der Waals surface area contributed by atoms with Crippen LogP contribution in [0.1, 0.15) is 49.0 Å². The van der Waals surface area contributed by atoms with E-state index in [9.17, 15) is 4.79 Å². The Hall–Kier alpha value is -1.42. The van der Waals surface area contributed by atoms with Crippen molar-refractivity contribution >= 4 is 5.91 Å². The number of nitrogens with zero attached hydrogens (tertiary/aromatic N) is 1. The van der Waals surface area contributed by atoms with Gasteiger partial charge in [0.1, 0.15) is 5.69 Å². The molecule has 0 spiro atoms. The average Bonchev–Trinajstić information content (AvgIpc) is 2.60. The summed E-state index contributed by atoms with van der Waals surface area (Å²) in [5, 5.41) is 3.21. The Balaban J connectivity index is 1.47. The average molecular weight is 285 g/mol. The molecule has 5 atom stereocenters. The fourth-order valence-corrected chi connectivity index (χ4v) is 5.18. The maximum atomic E-state index is 12.3. The minimum absolute atomic E-state index is 0.0321. The molecule has 21 heavy (non-hydrogen) atoms. The lowest BCUT2D eigenvalue weighted by Crippen LogP contribution is -2.44. The van der Waals surface area contributed by atoms with Crippen molar-refractivity contribution in [2.45, 2.75) is 50.1 Å². The number of amides is 1. The van der Waals surface area contributed by atoms with Crippen molar-refractivity contribution < 1.29 is 4.79 Å². The molecule has 3 aliphatic rings. The molecule has 4 nitrogen and oxygen atoms in total. The van der Waals surface area contributed by atoms with E-state index in [2.05, 4.69) is 10.3 Å². The van der Waals surface area contributed by atoms with Gasteiger partial charge in [0.2, 0.25) is 0 Å². The SMILES string of the molecule is NC12CC3CC(NC(=O)c4ccccn4)CC(C1)C(C3)C2. The van der Waals surface area contributed by atoms with Crippen LogP contribution in [-0.4, -0.2) is 22.5 Å². The zero-order valence-corrected chi connectivity index (χ0v) is 12.3. The molecule has 3 aliphatic carbocycles. The van der Waals surface area contributed by atoms with E-state index in [-0.39, 0.29) is 11.4 Å². The second-order valence-electron chi connectivity index (χ2n) is 7.45. The Morgan fingerprint density at radius 3 is 2.76 bits per heavy atom. The van der Waals surface area contributed by atoms with E-state index in [1.807, 2.05) is 12.1 Å². The molecule has 0 aromatic carbocycles. The number of hydrogen-bond donors (Lipinski definition) is 2.